The Kier molecular flexibility index (Phi) is 6.39. The van der Waals surface area contributed by atoms with Gasteiger partial charge in [0.15, 0.2) is 9.84 Å². The molecule has 0 fully saturated rings. The highest BCUT2D eigenvalue weighted by molar-refractivity contribution is 7.91. The zero-order valence-corrected chi connectivity index (χ0v) is 13.0. The van der Waals surface area contributed by atoms with Crippen molar-refractivity contribution in [3.05, 3.63) is 29.0 Å². The minimum Gasteiger partial charge on any atom is -0.391 e. The molecule has 0 saturated heterocycles. The van der Waals surface area contributed by atoms with Crippen molar-refractivity contribution in [3.63, 3.8) is 0 Å². The number of hydrogen-bond acceptors (Lipinski definition) is 4. The van der Waals surface area contributed by atoms with Gasteiger partial charge < -0.3 is 10.4 Å². The third-order valence-corrected chi connectivity index (χ3v) is 4.68. The zero-order chi connectivity index (χ0) is 15.3. The largest absolute Gasteiger partial charge is 0.391 e. The number of aliphatic hydroxyl groups is 1. The van der Waals surface area contributed by atoms with Crippen LogP contribution >= 0.6 is 11.6 Å². The Morgan fingerprint density at radius 1 is 1.35 bits per heavy atom. The predicted molar refractivity (Wildman–Crippen MR) is 77.2 cm³/mol. The van der Waals surface area contributed by atoms with Gasteiger partial charge in [0.05, 0.1) is 21.8 Å². The minimum absolute atomic E-state index is 0.0909. The first-order chi connectivity index (χ1) is 9.22. The highest BCUT2D eigenvalue weighted by atomic mass is 35.5. The maximum absolute atomic E-state index is 13.0. The first-order valence-corrected chi connectivity index (χ1v) is 8.32. The average Bonchev–Trinajstić information content (AvgIpc) is 2.31. The Balaban J connectivity index is 2.67. The number of aliphatic hydroxyl groups excluding tert-OH is 1. The number of hydrogen-bond donors (Lipinski definition) is 2. The van der Waals surface area contributed by atoms with Gasteiger partial charge in [0, 0.05) is 6.54 Å². The lowest BCUT2D eigenvalue weighted by Gasteiger charge is -2.13. The molecule has 0 aliphatic heterocycles. The number of benzene rings is 1. The van der Waals surface area contributed by atoms with E-state index >= 15 is 0 Å². The quantitative estimate of drug-likeness (QED) is 0.752. The number of halogens is 2. The van der Waals surface area contributed by atoms with Crippen molar-refractivity contribution in [3.8, 4) is 0 Å². The zero-order valence-electron chi connectivity index (χ0n) is 11.4. The minimum atomic E-state index is -3.69. The fourth-order valence-electron chi connectivity index (χ4n) is 1.62. The van der Waals surface area contributed by atoms with Crippen molar-refractivity contribution in [2.45, 2.75) is 24.8 Å². The Morgan fingerprint density at radius 3 is 2.55 bits per heavy atom. The molecule has 1 unspecified atom stereocenters. The molecule has 1 aromatic rings. The summed E-state index contributed by atoms with van der Waals surface area (Å²) < 4.78 is 37.1. The molecule has 0 aromatic heterocycles. The second-order valence-corrected chi connectivity index (χ2v) is 7.50. The molecule has 0 aliphatic rings. The van der Waals surface area contributed by atoms with E-state index in [1.807, 2.05) is 13.8 Å². The van der Waals surface area contributed by atoms with Crippen molar-refractivity contribution in [1.29, 1.82) is 0 Å². The van der Waals surface area contributed by atoms with E-state index in [-0.39, 0.29) is 16.5 Å². The maximum atomic E-state index is 13.0. The number of rotatable bonds is 7. The van der Waals surface area contributed by atoms with E-state index in [1.165, 1.54) is 0 Å². The molecule has 0 radical (unpaired) electrons. The van der Waals surface area contributed by atoms with Crippen LogP contribution in [-0.4, -0.2) is 38.5 Å². The molecule has 0 amide bonds. The van der Waals surface area contributed by atoms with Crippen molar-refractivity contribution in [1.82, 2.24) is 5.32 Å². The lowest BCUT2D eigenvalue weighted by Crippen LogP contribution is -2.34. The Hall–Kier alpha value is -0.690. The second-order valence-electron chi connectivity index (χ2n) is 5.06. The molecule has 2 N–H and O–H groups in total. The van der Waals surface area contributed by atoms with Crippen LogP contribution < -0.4 is 5.32 Å². The van der Waals surface area contributed by atoms with Crippen LogP contribution in [0.1, 0.15) is 13.8 Å². The predicted octanol–water partition coefficient (Wildman–Crippen LogP) is 1.86. The van der Waals surface area contributed by atoms with Crippen molar-refractivity contribution in [2.24, 2.45) is 5.92 Å². The fourth-order valence-corrected chi connectivity index (χ4v) is 3.25. The monoisotopic (exact) mass is 323 g/mol. The number of sulfone groups is 1. The summed E-state index contributed by atoms with van der Waals surface area (Å²) >= 11 is 5.56. The summed E-state index contributed by atoms with van der Waals surface area (Å²) in [7, 11) is -3.69. The van der Waals surface area contributed by atoms with Gasteiger partial charge in [-0.3, -0.25) is 0 Å². The van der Waals surface area contributed by atoms with Gasteiger partial charge in [-0.25, -0.2) is 12.8 Å². The van der Waals surface area contributed by atoms with Crippen LogP contribution in [0.25, 0.3) is 0 Å². The van der Waals surface area contributed by atoms with E-state index < -0.39 is 27.5 Å². The van der Waals surface area contributed by atoms with Crippen molar-refractivity contribution >= 4 is 21.4 Å². The van der Waals surface area contributed by atoms with Crippen LogP contribution in [0.15, 0.2) is 23.1 Å². The third-order valence-electron chi connectivity index (χ3n) is 2.59. The van der Waals surface area contributed by atoms with Gasteiger partial charge in [-0.1, -0.05) is 25.4 Å². The molecule has 20 heavy (non-hydrogen) atoms. The Labute approximate surface area is 123 Å². The molecule has 114 valence electrons. The molecule has 0 saturated carbocycles. The van der Waals surface area contributed by atoms with Crippen molar-refractivity contribution < 1.29 is 17.9 Å². The topological polar surface area (TPSA) is 66.4 Å². The van der Waals surface area contributed by atoms with E-state index in [2.05, 4.69) is 5.32 Å². The van der Waals surface area contributed by atoms with Gasteiger partial charge in [0.1, 0.15) is 5.82 Å². The Morgan fingerprint density at radius 2 is 2.00 bits per heavy atom. The SMILES string of the molecule is CC(C)CNCC(O)CS(=O)(=O)c1ccc(F)c(Cl)c1. The van der Waals surface area contributed by atoms with Gasteiger partial charge in [0.25, 0.3) is 0 Å². The maximum Gasteiger partial charge on any atom is 0.181 e. The molecule has 0 aliphatic carbocycles. The molecule has 7 heteroatoms. The van der Waals surface area contributed by atoms with E-state index in [9.17, 15) is 17.9 Å². The molecule has 0 spiro atoms. The van der Waals surface area contributed by atoms with Gasteiger partial charge in [-0.2, -0.15) is 0 Å². The lowest BCUT2D eigenvalue weighted by atomic mass is 10.2. The van der Waals surface area contributed by atoms with Crippen molar-refractivity contribution in [2.75, 3.05) is 18.8 Å². The smallest absolute Gasteiger partial charge is 0.181 e. The third kappa shape index (κ3) is 5.36. The molecule has 0 bridgehead atoms. The van der Waals surface area contributed by atoms with E-state index in [4.69, 9.17) is 11.6 Å². The summed E-state index contributed by atoms with van der Waals surface area (Å²) in [5, 5.41) is 12.5. The summed E-state index contributed by atoms with van der Waals surface area (Å²) in [5.41, 5.74) is 0. The molecule has 0 heterocycles. The van der Waals surface area contributed by atoms with Gasteiger partial charge in [0.2, 0.25) is 0 Å². The lowest BCUT2D eigenvalue weighted by molar-refractivity contribution is 0.192. The summed E-state index contributed by atoms with van der Waals surface area (Å²) in [6, 6.07) is 3.20. The molecular formula is C13H19ClFNO3S. The molecule has 1 aromatic carbocycles. The fraction of sp³-hybridized carbons (Fsp3) is 0.538. The summed E-state index contributed by atoms with van der Waals surface area (Å²) in [6.45, 7) is 4.90. The summed E-state index contributed by atoms with van der Waals surface area (Å²) in [5.74, 6) is -0.695. The standard InChI is InChI=1S/C13H19ClFNO3S/c1-9(2)6-16-7-10(17)8-20(18,19)11-3-4-13(15)12(14)5-11/h3-5,9-10,16-17H,6-8H2,1-2H3. The molecule has 1 atom stereocenters. The van der Waals surface area contributed by atoms with Crippen LogP contribution in [-0.2, 0) is 9.84 Å². The summed E-state index contributed by atoms with van der Waals surface area (Å²) in [6.07, 6.45) is -1.03. The first-order valence-electron chi connectivity index (χ1n) is 6.29. The highest BCUT2D eigenvalue weighted by Crippen LogP contribution is 2.20. The molecule has 1 rings (SSSR count). The van der Waals surface area contributed by atoms with Gasteiger partial charge >= 0.3 is 0 Å². The normalized spacial score (nSPS) is 13.7. The van der Waals surface area contributed by atoms with Gasteiger partial charge in [-0.05, 0) is 30.7 Å². The van der Waals surface area contributed by atoms with Crippen LogP contribution in [0.5, 0.6) is 0 Å². The first kappa shape index (κ1) is 17.4. The van der Waals surface area contributed by atoms with Crippen LogP contribution in [0.2, 0.25) is 5.02 Å². The van der Waals surface area contributed by atoms with Crippen LogP contribution in [0.4, 0.5) is 4.39 Å². The molecular weight excluding hydrogens is 305 g/mol. The van der Waals surface area contributed by atoms with E-state index in [0.717, 1.165) is 18.2 Å². The summed E-state index contributed by atoms with van der Waals surface area (Å²) in [4.78, 5) is -0.0909. The molecule has 4 nitrogen and oxygen atoms in total. The highest BCUT2D eigenvalue weighted by Gasteiger charge is 2.20. The van der Waals surface area contributed by atoms with Crippen LogP contribution in [0.3, 0.4) is 0 Å². The van der Waals surface area contributed by atoms with E-state index in [1.54, 1.807) is 0 Å². The second kappa shape index (κ2) is 7.36. The van der Waals surface area contributed by atoms with E-state index in [0.29, 0.717) is 12.5 Å². The number of nitrogens with one attached hydrogen (secondary N) is 1. The van der Waals surface area contributed by atoms with Crippen LogP contribution in [0, 0.1) is 11.7 Å². The van der Waals surface area contributed by atoms with Gasteiger partial charge in [-0.15, -0.1) is 0 Å². The average molecular weight is 324 g/mol. The Bertz CT molecular complexity index is 549.